The first-order valence-electron chi connectivity index (χ1n) is 4.77. The van der Waals surface area contributed by atoms with Gasteiger partial charge in [-0.2, -0.15) is 10.2 Å². The fraction of sp³-hybridized carbons (Fsp3) is 0.600. The number of nitrogens with zero attached hydrogens (tertiary/aromatic N) is 2. The minimum absolute atomic E-state index is 0.224. The van der Waals surface area contributed by atoms with E-state index in [2.05, 4.69) is 17.1 Å². The second-order valence-corrected chi connectivity index (χ2v) is 3.42. The van der Waals surface area contributed by atoms with Crippen molar-refractivity contribution in [2.45, 2.75) is 39.2 Å². The van der Waals surface area contributed by atoms with Crippen LogP contribution in [-0.4, -0.2) is 16.2 Å². The van der Waals surface area contributed by atoms with E-state index in [4.69, 9.17) is 5.73 Å². The minimum Gasteiger partial charge on any atom is -0.327 e. The van der Waals surface area contributed by atoms with Crippen molar-refractivity contribution in [1.29, 1.82) is 0 Å². The van der Waals surface area contributed by atoms with E-state index in [-0.39, 0.29) is 6.04 Å². The van der Waals surface area contributed by atoms with E-state index in [0.29, 0.717) is 0 Å². The predicted molar refractivity (Wildman–Crippen MR) is 53.4 cm³/mol. The number of hydrogen-bond acceptors (Lipinski definition) is 3. The zero-order valence-corrected chi connectivity index (χ0v) is 8.33. The van der Waals surface area contributed by atoms with Crippen molar-refractivity contribution >= 4 is 0 Å². The van der Waals surface area contributed by atoms with Gasteiger partial charge in [-0.05, 0) is 25.5 Å². The third kappa shape index (κ3) is 3.51. The van der Waals surface area contributed by atoms with Crippen molar-refractivity contribution in [2.24, 2.45) is 5.73 Å². The van der Waals surface area contributed by atoms with Gasteiger partial charge in [-0.25, -0.2) is 0 Å². The van der Waals surface area contributed by atoms with Crippen LogP contribution in [0.4, 0.5) is 0 Å². The van der Waals surface area contributed by atoms with Crippen LogP contribution in [0.5, 0.6) is 0 Å². The van der Waals surface area contributed by atoms with Crippen molar-refractivity contribution < 1.29 is 0 Å². The first-order chi connectivity index (χ1) is 6.22. The molecular formula is C10H17N3. The third-order valence-electron chi connectivity index (χ3n) is 1.98. The molecule has 3 nitrogen and oxygen atoms in total. The Morgan fingerprint density at radius 1 is 1.38 bits per heavy atom. The van der Waals surface area contributed by atoms with Crippen molar-refractivity contribution in [1.82, 2.24) is 10.2 Å². The minimum atomic E-state index is 0.224. The molecule has 0 bridgehead atoms. The largest absolute Gasteiger partial charge is 0.327 e. The molecule has 1 atom stereocenters. The molecule has 0 aromatic carbocycles. The van der Waals surface area contributed by atoms with E-state index in [1.165, 1.54) is 0 Å². The average Bonchev–Trinajstić information content (AvgIpc) is 2.09. The normalized spacial score (nSPS) is 12.8. The molecule has 0 radical (unpaired) electrons. The van der Waals surface area contributed by atoms with Crippen LogP contribution in [0.2, 0.25) is 0 Å². The van der Waals surface area contributed by atoms with Crippen LogP contribution in [0.15, 0.2) is 12.1 Å². The van der Waals surface area contributed by atoms with Gasteiger partial charge in [0.05, 0.1) is 11.4 Å². The average molecular weight is 179 g/mol. The number of hydrogen-bond donors (Lipinski definition) is 1. The van der Waals surface area contributed by atoms with Gasteiger partial charge >= 0.3 is 0 Å². The first-order valence-corrected chi connectivity index (χ1v) is 4.77. The maximum Gasteiger partial charge on any atom is 0.0646 e. The number of aryl methyl sites for hydroxylation is 1. The lowest BCUT2D eigenvalue weighted by molar-refractivity contribution is 0.589. The van der Waals surface area contributed by atoms with Gasteiger partial charge in [-0.15, -0.1) is 0 Å². The highest BCUT2D eigenvalue weighted by atomic mass is 15.1. The monoisotopic (exact) mass is 179 g/mol. The molecule has 2 N–H and O–H groups in total. The van der Waals surface area contributed by atoms with Gasteiger partial charge < -0.3 is 5.73 Å². The van der Waals surface area contributed by atoms with Crippen LogP contribution < -0.4 is 5.73 Å². The van der Waals surface area contributed by atoms with Gasteiger partial charge in [0.15, 0.2) is 0 Å². The second kappa shape index (κ2) is 4.92. The second-order valence-electron chi connectivity index (χ2n) is 3.42. The zero-order chi connectivity index (χ0) is 9.68. The smallest absolute Gasteiger partial charge is 0.0646 e. The maximum absolute atomic E-state index is 5.89. The highest BCUT2D eigenvalue weighted by Crippen LogP contribution is 2.02. The van der Waals surface area contributed by atoms with Gasteiger partial charge in [0.2, 0.25) is 0 Å². The van der Waals surface area contributed by atoms with Crippen LogP contribution >= 0.6 is 0 Å². The Balaban J connectivity index is 2.49. The molecule has 0 spiro atoms. The predicted octanol–water partition coefficient (Wildman–Crippen LogP) is 1.45. The summed E-state index contributed by atoms with van der Waals surface area (Å²) in [5.74, 6) is 0. The fourth-order valence-electron chi connectivity index (χ4n) is 1.28. The van der Waals surface area contributed by atoms with Crippen molar-refractivity contribution in [3.63, 3.8) is 0 Å². The maximum atomic E-state index is 5.89. The first kappa shape index (κ1) is 10.1. The summed E-state index contributed by atoms with van der Waals surface area (Å²) in [6.45, 7) is 4.07. The molecule has 0 fully saturated rings. The molecule has 0 aliphatic rings. The van der Waals surface area contributed by atoms with Crippen LogP contribution in [0.25, 0.3) is 0 Å². The lowest BCUT2D eigenvalue weighted by atomic mass is 10.1. The Hall–Kier alpha value is -0.960. The molecule has 1 unspecified atom stereocenters. The quantitative estimate of drug-likeness (QED) is 0.761. The molecule has 13 heavy (non-hydrogen) atoms. The van der Waals surface area contributed by atoms with E-state index >= 15 is 0 Å². The van der Waals surface area contributed by atoms with Gasteiger partial charge in [0.1, 0.15) is 0 Å². The molecule has 0 saturated heterocycles. The summed E-state index contributed by atoms with van der Waals surface area (Å²) >= 11 is 0. The van der Waals surface area contributed by atoms with E-state index in [1.54, 1.807) is 0 Å². The molecule has 1 rings (SSSR count). The Kier molecular flexibility index (Phi) is 3.83. The summed E-state index contributed by atoms with van der Waals surface area (Å²) in [6.07, 6.45) is 3.01. The molecule has 1 aromatic heterocycles. The summed E-state index contributed by atoms with van der Waals surface area (Å²) in [6, 6.07) is 4.20. The summed E-state index contributed by atoms with van der Waals surface area (Å²) in [5.41, 5.74) is 7.83. The van der Waals surface area contributed by atoms with Crippen LogP contribution in [-0.2, 0) is 6.42 Å². The molecule has 0 aliphatic heterocycles. The number of aromatic nitrogens is 2. The van der Waals surface area contributed by atoms with Crippen molar-refractivity contribution in [2.75, 3.05) is 0 Å². The third-order valence-corrected chi connectivity index (χ3v) is 1.98. The molecule has 3 heteroatoms. The van der Waals surface area contributed by atoms with E-state index in [9.17, 15) is 0 Å². The van der Waals surface area contributed by atoms with Crippen molar-refractivity contribution in [3.05, 3.63) is 23.5 Å². The molecule has 1 heterocycles. The summed E-state index contributed by atoms with van der Waals surface area (Å²) < 4.78 is 0. The van der Waals surface area contributed by atoms with E-state index in [0.717, 1.165) is 30.7 Å². The van der Waals surface area contributed by atoms with Gasteiger partial charge in [0, 0.05) is 12.5 Å². The van der Waals surface area contributed by atoms with Gasteiger partial charge in [-0.3, -0.25) is 0 Å². The van der Waals surface area contributed by atoms with Crippen molar-refractivity contribution in [3.8, 4) is 0 Å². The highest BCUT2D eigenvalue weighted by molar-refractivity contribution is 5.06. The standard InChI is InChI=1S/C10H17N3/c1-3-4-9(11)7-10-6-5-8(2)12-13-10/h5-6,9H,3-4,7,11H2,1-2H3. The SMILES string of the molecule is CCCC(N)Cc1ccc(C)nn1. The van der Waals surface area contributed by atoms with Gasteiger partial charge in [0.25, 0.3) is 0 Å². The molecule has 1 aromatic rings. The van der Waals surface area contributed by atoms with Crippen LogP contribution in [0, 0.1) is 6.92 Å². The van der Waals surface area contributed by atoms with E-state index < -0.39 is 0 Å². The molecule has 0 amide bonds. The number of rotatable bonds is 4. The Labute approximate surface area is 79.4 Å². The lowest BCUT2D eigenvalue weighted by Gasteiger charge is -2.08. The topological polar surface area (TPSA) is 51.8 Å². The highest BCUT2D eigenvalue weighted by Gasteiger charge is 2.03. The summed E-state index contributed by atoms with van der Waals surface area (Å²) in [4.78, 5) is 0. The Morgan fingerprint density at radius 3 is 2.69 bits per heavy atom. The van der Waals surface area contributed by atoms with Crippen LogP contribution in [0.3, 0.4) is 0 Å². The van der Waals surface area contributed by atoms with Crippen LogP contribution in [0.1, 0.15) is 31.2 Å². The van der Waals surface area contributed by atoms with Gasteiger partial charge in [-0.1, -0.05) is 13.3 Å². The van der Waals surface area contributed by atoms with E-state index in [1.807, 2.05) is 19.1 Å². The molecule has 72 valence electrons. The molecule has 0 aliphatic carbocycles. The summed E-state index contributed by atoms with van der Waals surface area (Å²) in [7, 11) is 0. The molecule has 0 saturated carbocycles. The summed E-state index contributed by atoms with van der Waals surface area (Å²) in [5, 5.41) is 8.06. The zero-order valence-electron chi connectivity index (χ0n) is 8.33. The Morgan fingerprint density at radius 2 is 2.15 bits per heavy atom. The fourth-order valence-corrected chi connectivity index (χ4v) is 1.28. The Bertz CT molecular complexity index is 243. The lowest BCUT2D eigenvalue weighted by Crippen LogP contribution is -2.23. The number of nitrogens with two attached hydrogens (primary N) is 1. The molecular weight excluding hydrogens is 162 g/mol.